The van der Waals surface area contributed by atoms with Crippen molar-refractivity contribution >= 4 is 23.2 Å². The molecule has 1 aliphatic heterocycles. The highest BCUT2D eigenvalue weighted by molar-refractivity contribution is 7.09. The van der Waals surface area contributed by atoms with E-state index in [1.165, 1.54) is 4.88 Å². The lowest BCUT2D eigenvalue weighted by atomic mass is 10.0. The van der Waals surface area contributed by atoms with Crippen LogP contribution in [0.4, 0.5) is 5.95 Å². The van der Waals surface area contributed by atoms with Crippen LogP contribution in [-0.2, 0) is 11.2 Å². The molecular formula is C16H20N4O2S. The minimum Gasteiger partial charge on any atom is -0.386 e. The van der Waals surface area contributed by atoms with E-state index in [9.17, 15) is 9.90 Å². The topological polar surface area (TPSA) is 78.4 Å². The zero-order chi connectivity index (χ0) is 16.1. The van der Waals surface area contributed by atoms with Gasteiger partial charge in [-0.2, -0.15) is 0 Å². The summed E-state index contributed by atoms with van der Waals surface area (Å²) in [5.74, 6) is 0.591. The van der Waals surface area contributed by atoms with E-state index in [1.807, 2.05) is 22.4 Å². The van der Waals surface area contributed by atoms with Crippen LogP contribution in [0.25, 0.3) is 0 Å². The van der Waals surface area contributed by atoms with E-state index in [1.54, 1.807) is 29.8 Å². The number of amides is 1. The molecule has 1 amide bonds. The maximum atomic E-state index is 11.9. The maximum absolute atomic E-state index is 11.9. The van der Waals surface area contributed by atoms with Crippen molar-refractivity contribution in [3.63, 3.8) is 0 Å². The number of anilines is 1. The van der Waals surface area contributed by atoms with Gasteiger partial charge in [0.1, 0.15) is 5.60 Å². The number of hydrogen-bond donors (Lipinski definition) is 2. The van der Waals surface area contributed by atoms with E-state index < -0.39 is 5.60 Å². The number of β-amino-alcohol motifs (C(OH)–C–C–N with tert-alkyl or cyclic N) is 1. The first-order valence-corrected chi connectivity index (χ1v) is 8.56. The standard InChI is InChI=1S/C16H20N4O2S/c21-14(5-4-13-3-1-10-23-13)19-11-16(22)6-9-20(12-16)15-17-7-2-8-18-15/h1-3,7-8,10,22H,4-6,9,11-12H2,(H,19,21)/t16-/m0/s1. The van der Waals surface area contributed by atoms with Crippen LogP contribution in [0, 0.1) is 0 Å². The average Bonchev–Trinajstić information content (AvgIpc) is 3.22. The van der Waals surface area contributed by atoms with Gasteiger partial charge >= 0.3 is 0 Å². The Labute approximate surface area is 139 Å². The Morgan fingerprint density at radius 1 is 1.39 bits per heavy atom. The van der Waals surface area contributed by atoms with E-state index in [4.69, 9.17) is 0 Å². The van der Waals surface area contributed by atoms with Gasteiger partial charge in [-0.1, -0.05) is 6.07 Å². The number of rotatable bonds is 6. The van der Waals surface area contributed by atoms with Crippen LogP contribution < -0.4 is 10.2 Å². The molecular weight excluding hydrogens is 312 g/mol. The molecule has 0 aromatic carbocycles. The third-order valence-electron chi connectivity index (χ3n) is 3.96. The quantitative estimate of drug-likeness (QED) is 0.832. The van der Waals surface area contributed by atoms with Gasteiger partial charge in [-0.25, -0.2) is 9.97 Å². The highest BCUT2D eigenvalue weighted by Crippen LogP contribution is 2.23. The van der Waals surface area contributed by atoms with Crippen LogP contribution in [0.1, 0.15) is 17.7 Å². The van der Waals surface area contributed by atoms with E-state index >= 15 is 0 Å². The molecule has 2 aromatic heterocycles. The van der Waals surface area contributed by atoms with Gasteiger partial charge in [-0.05, 0) is 30.4 Å². The molecule has 3 rings (SSSR count). The van der Waals surface area contributed by atoms with Crippen molar-refractivity contribution in [2.45, 2.75) is 24.9 Å². The molecule has 7 heteroatoms. The summed E-state index contributed by atoms with van der Waals surface area (Å²) in [6.45, 7) is 1.38. The molecule has 0 unspecified atom stereocenters. The molecule has 0 bridgehead atoms. The smallest absolute Gasteiger partial charge is 0.225 e. The molecule has 2 aromatic rings. The summed E-state index contributed by atoms with van der Waals surface area (Å²) >= 11 is 1.66. The van der Waals surface area contributed by atoms with Crippen molar-refractivity contribution in [3.8, 4) is 0 Å². The van der Waals surface area contributed by atoms with Gasteiger partial charge in [-0.3, -0.25) is 4.79 Å². The van der Waals surface area contributed by atoms with Gasteiger partial charge in [0.05, 0.1) is 6.54 Å². The Hall–Kier alpha value is -1.99. The minimum absolute atomic E-state index is 0.0266. The fraction of sp³-hybridized carbons (Fsp3) is 0.438. The molecule has 0 spiro atoms. The average molecular weight is 332 g/mol. The second-order valence-corrected chi connectivity index (χ2v) is 6.83. The second kappa shape index (κ2) is 7.06. The molecule has 1 aliphatic rings. The fourth-order valence-corrected chi connectivity index (χ4v) is 3.38. The maximum Gasteiger partial charge on any atom is 0.225 e. The van der Waals surface area contributed by atoms with Gasteiger partial charge in [0.2, 0.25) is 11.9 Å². The predicted octanol–water partition coefficient (Wildman–Crippen LogP) is 1.23. The van der Waals surface area contributed by atoms with Crippen molar-refractivity contribution in [2.75, 3.05) is 24.5 Å². The zero-order valence-corrected chi connectivity index (χ0v) is 13.6. The number of carbonyl (C=O) groups is 1. The first-order valence-electron chi connectivity index (χ1n) is 7.68. The Bertz CT molecular complexity index is 635. The first-order chi connectivity index (χ1) is 11.1. The Morgan fingerprint density at radius 2 is 2.22 bits per heavy atom. The third kappa shape index (κ3) is 4.27. The van der Waals surface area contributed by atoms with Gasteiger partial charge in [0.25, 0.3) is 0 Å². The van der Waals surface area contributed by atoms with Gasteiger partial charge in [0, 0.05) is 36.8 Å². The summed E-state index contributed by atoms with van der Waals surface area (Å²) in [7, 11) is 0. The summed E-state index contributed by atoms with van der Waals surface area (Å²) in [6.07, 6.45) is 5.16. The number of aliphatic hydroxyl groups is 1. The van der Waals surface area contributed by atoms with Crippen LogP contribution in [0.5, 0.6) is 0 Å². The highest BCUT2D eigenvalue weighted by Gasteiger charge is 2.37. The number of carbonyl (C=O) groups excluding carboxylic acids is 1. The number of hydrogen-bond acceptors (Lipinski definition) is 6. The van der Waals surface area contributed by atoms with E-state index in [-0.39, 0.29) is 12.5 Å². The largest absolute Gasteiger partial charge is 0.386 e. The lowest BCUT2D eigenvalue weighted by Crippen LogP contribution is -2.45. The minimum atomic E-state index is -0.919. The first kappa shape index (κ1) is 15.9. The number of nitrogens with one attached hydrogen (secondary N) is 1. The van der Waals surface area contributed by atoms with E-state index in [0.29, 0.717) is 31.9 Å². The van der Waals surface area contributed by atoms with Crippen LogP contribution in [0.15, 0.2) is 36.0 Å². The predicted molar refractivity (Wildman–Crippen MR) is 89.5 cm³/mol. The summed E-state index contributed by atoms with van der Waals surface area (Å²) in [6, 6.07) is 5.78. The van der Waals surface area contributed by atoms with Crippen molar-refractivity contribution in [2.24, 2.45) is 0 Å². The SMILES string of the molecule is O=C(CCc1cccs1)NC[C@@]1(O)CCN(c2ncccn2)C1. The molecule has 1 atom stereocenters. The molecule has 3 heterocycles. The van der Waals surface area contributed by atoms with Crippen molar-refractivity contribution < 1.29 is 9.90 Å². The molecule has 23 heavy (non-hydrogen) atoms. The summed E-state index contributed by atoms with van der Waals surface area (Å²) in [5.41, 5.74) is -0.919. The van der Waals surface area contributed by atoms with Crippen LogP contribution in [0.3, 0.4) is 0 Å². The Kier molecular flexibility index (Phi) is 4.88. The lowest BCUT2D eigenvalue weighted by molar-refractivity contribution is -0.122. The molecule has 6 nitrogen and oxygen atoms in total. The molecule has 1 fully saturated rings. The monoisotopic (exact) mass is 332 g/mol. The summed E-state index contributed by atoms with van der Waals surface area (Å²) in [4.78, 5) is 23.5. The molecule has 1 saturated heterocycles. The van der Waals surface area contributed by atoms with Crippen molar-refractivity contribution in [3.05, 3.63) is 40.8 Å². The van der Waals surface area contributed by atoms with Crippen molar-refractivity contribution in [1.82, 2.24) is 15.3 Å². The molecule has 0 saturated carbocycles. The third-order valence-corrected chi connectivity index (χ3v) is 4.90. The van der Waals surface area contributed by atoms with Crippen LogP contribution in [0.2, 0.25) is 0 Å². The second-order valence-electron chi connectivity index (χ2n) is 5.80. The number of thiophene rings is 1. The Balaban J connectivity index is 1.45. The van der Waals surface area contributed by atoms with Crippen molar-refractivity contribution in [1.29, 1.82) is 0 Å². The molecule has 0 radical (unpaired) electrons. The van der Waals surface area contributed by atoms with Gasteiger partial charge in [0.15, 0.2) is 0 Å². The molecule has 122 valence electrons. The summed E-state index contributed by atoms with van der Waals surface area (Å²) in [5, 5.41) is 15.5. The lowest BCUT2D eigenvalue weighted by Gasteiger charge is -2.23. The van der Waals surface area contributed by atoms with Gasteiger partial charge in [-0.15, -0.1) is 11.3 Å². The fourth-order valence-electron chi connectivity index (χ4n) is 2.67. The van der Waals surface area contributed by atoms with E-state index in [0.717, 1.165) is 6.42 Å². The van der Waals surface area contributed by atoms with Gasteiger partial charge < -0.3 is 15.3 Å². The zero-order valence-electron chi connectivity index (χ0n) is 12.8. The molecule has 0 aliphatic carbocycles. The van der Waals surface area contributed by atoms with Crippen LogP contribution in [-0.4, -0.2) is 46.2 Å². The molecule has 2 N–H and O–H groups in total. The van der Waals surface area contributed by atoms with E-state index in [2.05, 4.69) is 15.3 Å². The number of aryl methyl sites for hydroxylation is 1. The van der Waals surface area contributed by atoms with Crippen LogP contribution >= 0.6 is 11.3 Å². The number of aromatic nitrogens is 2. The number of nitrogens with zero attached hydrogens (tertiary/aromatic N) is 3. The Morgan fingerprint density at radius 3 is 2.96 bits per heavy atom. The summed E-state index contributed by atoms with van der Waals surface area (Å²) < 4.78 is 0. The normalized spacial score (nSPS) is 20.7. The highest BCUT2D eigenvalue weighted by atomic mass is 32.1.